The molecule has 0 aromatic carbocycles. The van der Waals surface area contributed by atoms with Crippen molar-refractivity contribution >= 4 is 29.0 Å². The third-order valence-corrected chi connectivity index (χ3v) is 3.98. The molecule has 2 aliphatic carbocycles. The number of thiol groups is 1. The molecule has 15 heavy (non-hydrogen) atoms. The smallest absolute Gasteiger partial charge is 0.0724 e. The molecule has 0 amide bonds. The molecule has 0 bridgehead atoms. The van der Waals surface area contributed by atoms with Gasteiger partial charge in [0.05, 0.1) is 4.20 Å². The second-order valence-electron chi connectivity index (χ2n) is 4.60. The summed E-state index contributed by atoms with van der Waals surface area (Å²) in [4.78, 5) is 0. The van der Waals surface area contributed by atoms with E-state index in [2.05, 4.69) is 17.9 Å². The van der Waals surface area contributed by atoms with Crippen molar-refractivity contribution in [1.82, 2.24) is 5.32 Å². The summed E-state index contributed by atoms with van der Waals surface area (Å²) >= 11 is 9.47. The predicted molar refractivity (Wildman–Crippen MR) is 72.5 cm³/mol. The van der Waals surface area contributed by atoms with Crippen LogP contribution in [0.5, 0.6) is 0 Å². The van der Waals surface area contributed by atoms with Gasteiger partial charge in [-0.15, -0.1) is 12.6 Å². The van der Waals surface area contributed by atoms with Crippen molar-refractivity contribution in [2.24, 2.45) is 0 Å². The van der Waals surface area contributed by atoms with E-state index < -0.39 is 0 Å². The molecule has 0 unspecified atom stereocenters. The van der Waals surface area contributed by atoms with Crippen molar-refractivity contribution in [3.8, 4) is 0 Å². The SMILES string of the molecule is S=C(S)C1=C(NC2CCCCC2)CCC1. The second kappa shape index (κ2) is 5.35. The summed E-state index contributed by atoms with van der Waals surface area (Å²) in [6.07, 6.45) is 10.4. The van der Waals surface area contributed by atoms with E-state index in [1.165, 1.54) is 56.2 Å². The minimum absolute atomic E-state index is 0.699. The maximum atomic E-state index is 5.17. The number of hydrogen-bond acceptors (Lipinski definition) is 2. The first-order chi connectivity index (χ1) is 7.27. The van der Waals surface area contributed by atoms with E-state index in [4.69, 9.17) is 12.2 Å². The third kappa shape index (κ3) is 2.97. The maximum absolute atomic E-state index is 5.17. The van der Waals surface area contributed by atoms with Gasteiger partial charge in [0.25, 0.3) is 0 Å². The van der Waals surface area contributed by atoms with Gasteiger partial charge in [0.1, 0.15) is 0 Å². The van der Waals surface area contributed by atoms with E-state index in [0.717, 1.165) is 10.6 Å². The van der Waals surface area contributed by atoms with Crippen molar-refractivity contribution in [3.63, 3.8) is 0 Å². The number of thiocarbonyl (C=S) groups is 1. The van der Waals surface area contributed by atoms with Gasteiger partial charge in [-0.1, -0.05) is 31.5 Å². The summed E-state index contributed by atoms with van der Waals surface area (Å²) in [5.74, 6) is 0. The normalized spacial score (nSPS) is 23.3. The van der Waals surface area contributed by atoms with Gasteiger partial charge in [-0.25, -0.2) is 0 Å². The zero-order valence-corrected chi connectivity index (χ0v) is 10.8. The minimum Gasteiger partial charge on any atom is -0.385 e. The van der Waals surface area contributed by atoms with Crippen LogP contribution in [0.25, 0.3) is 0 Å². The molecule has 2 rings (SSSR count). The summed E-state index contributed by atoms with van der Waals surface area (Å²) in [5, 5.41) is 3.69. The molecular formula is C12H19NS2. The molecule has 1 saturated carbocycles. The van der Waals surface area contributed by atoms with Crippen LogP contribution in [0.15, 0.2) is 11.3 Å². The second-order valence-corrected chi connectivity index (χ2v) is 5.75. The first kappa shape index (κ1) is 11.5. The predicted octanol–water partition coefficient (Wildman–Crippen LogP) is 3.60. The van der Waals surface area contributed by atoms with E-state index in [1.54, 1.807) is 0 Å². The Kier molecular flexibility index (Phi) is 4.09. The summed E-state index contributed by atoms with van der Waals surface area (Å²) in [7, 11) is 0. The number of allylic oxidation sites excluding steroid dienone is 1. The van der Waals surface area contributed by atoms with Crippen LogP contribution in [0.1, 0.15) is 51.4 Å². The Morgan fingerprint density at radius 1 is 1.13 bits per heavy atom. The van der Waals surface area contributed by atoms with Crippen LogP contribution in [0.4, 0.5) is 0 Å². The largest absolute Gasteiger partial charge is 0.385 e. The van der Waals surface area contributed by atoms with Gasteiger partial charge in [0.15, 0.2) is 0 Å². The molecular weight excluding hydrogens is 222 g/mol. The van der Waals surface area contributed by atoms with Crippen LogP contribution in [-0.4, -0.2) is 10.2 Å². The van der Waals surface area contributed by atoms with E-state index in [1.807, 2.05) is 0 Å². The Labute approximate surface area is 103 Å². The van der Waals surface area contributed by atoms with Crippen molar-refractivity contribution < 1.29 is 0 Å². The van der Waals surface area contributed by atoms with E-state index >= 15 is 0 Å². The highest BCUT2D eigenvalue weighted by atomic mass is 32.1. The van der Waals surface area contributed by atoms with Crippen molar-refractivity contribution in [2.75, 3.05) is 0 Å². The Morgan fingerprint density at radius 3 is 2.53 bits per heavy atom. The first-order valence-electron chi connectivity index (χ1n) is 5.99. The topological polar surface area (TPSA) is 12.0 Å². The molecule has 0 saturated heterocycles. The molecule has 1 nitrogen and oxygen atoms in total. The molecule has 3 heteroatoms. The van der Waals surface area contributed by atoms with Gasteiger partial charge < -0.3 is 5.32 Å². The standard InChI is InChI=1S/C12H19NS2/c14-12(15)10-7-4-8-11(10)13-9-5-2-1-3-6-9/h9,13H,1-8H2,(H,14,15). The zero-order valence-electron chi connectivity index (χ0n) is 9.09. The van der Waals surface area contributed by atoms with E-state index in [9.17, 15) is 0 Å². The first-order valence-corrected chi connectivity index (χ1v) is 6.85. The number of hydrogen-bond donors (Lipinski definition) is 2. The van der Waals surface area contributed by atoms with Crippen LogP contribution in [0.3, 0.4) is 0 Å². The quantitative estimate of drug-likeness (QED) is 0.578. The van der Waals surface area contributed by atoms with Gasteiger partial charge in [0.2, 0.25) is 0 Å². The average Bonchev–Trinajstić information content (AvgIpc) is 2.67. The molecule has 0 aromatic rings. The molecule has 84 valence electrons. The van der Waals surface area contributed by atoms with Crippen LogP contribution in [0.2, 0.25) is 0 Å². The molecule has 0 aromatic heterocycles. The van der Waals surface area contributed by atoms with Crippen LogP contribution < -0.4 is 5.32 Å². The Bertz CT molecular complexity index is 277. The lowest BCUT2D eigenvalue weighted by Crippen LogP contribution is -2.30. The van der Waals surface area contributed by atoms with Gasteiger partial charge in [-0.3, -0.25) is 0 Å². The lowest BCUT2D eigenvalue weighted by atomic mass is 9.95. The van der Waals surface area contributed by atoms with Crippen LogP contribution in [0, 0.1) is 0 Å². The van der Waals surface area contributed by atoms with Gasteiger partial charge >= 0.3 is 0 Å². The monoisotopic (exact) mass is 241 g/mol. The fraction of sp³-hybridized carbons (Fsp3) is 0.750. The summed E-state index contributed by atoms with van der Waals surface area (Å²) in [5.41, 5.74) is 2.70. The molecule has 0 spiro atoms. The lowest BCUT2D eigenvalue weighted by Gasteiger charge is -2.25. The molecule has 0 aliphatic heterocycles. The number of rotatable bonds is 3. The fourth-order valence-electron chi connectivity index (χ4n) is 2.63. The van der Waals surface area contributed by atoms with E-state index in [-0.39, 0.29) is 0 Å². The van der Waals surface area contributed by atoms with Gasteiger partial charge in [-0.05, 0) is 37.7 Å². The Balaban J connectivity index is 1.97. The fourth-order valence-corrected chi connectivity index (χ4v) is 3.10. The molecule has 2 aliphatic rings. The zero-order chi connectivity index (χ0) is 10.7. The highest BCUT2D eigenvalue weighted by Gasteiger charge is 2.20. The van der Waals surface area contributed by atoms with Crippen molar-refractivity contribution in [3.05, 3.63) is 11.3 Å². The minimum atomic E-state index is 0.699. The Morgan fingerprint density at radius 2 is 1.87 bits per heavy atom. The highest BCUT2D eigenvalue weighted by molar-refractivity contribution is 8.11. The Hall–Kier alpha value is -0.0200. The summed E-state index contributed by atoms with van der Waals surface area (Å²) < 4.78 is 0.797. The molecule has 0 atom stereocenters. The van der Waals surface area contributed by atoms with Gasteiger partial charge in [0, 0.05) is 11.7 Å². The summed E-state index contributed by atoms with van der Waals surface area (Å²) in [6.45, 7) is 0. The molecule has 1 N–H and O–H groups in total. The molecule has 0 radical (unpaired) electrons. The summed E-state index contributed by atoms with van der Waals surface area (Å²) in [6, 6.07) is 0.699. The molecule has 0 heterocycles. The third-order valence-electron chi connectivity index (χ3n) is 3.46. The number of nitrogens with one attached hydrogen (secondary N) is 1. The average molecular weight is 241 g/mol. The van der Waals surface area contributed by atoms with Crippen LogP contribution >= 0.6 is 24.8 Å². The van der Waals surface area contributed by atoms with Crippen LogP contribution in [-0.2, 0) is 0 Å². The molecule has 1 fully saturated rings. The lowest BCUT2D eigenvalue weighted by molar-refractivity contribution is 0.394. The van der Waals surface area contributed by atoms with Crippen molar-refractivity contribution in [2.45, 2.75) is 57.4 Å². The highest BCUT2D eigenvalue weighted by Crippen LogP contribution is 2.28. The van der Waals surface area contributed by atoms with Crippen molar-refractivity contribution in [1.29, 1.82) is 0 Å². The maximum Gasteiger partial charge on any atom is 0.0724 e. The van der Waals surface area contributed by atoms with Gasteiger partial charge in [-0.2, -0.15) is 0 Å². The van der Waals surface area contributed by atoms with E-state index in [0.29, 0.717) is 6.04 Å².